The standard InChI is InChI=1S/C16H13N5OS2/c1-8-5-11(9(2)24-8)14-7-23-16(17-14)18-15(22)10-3-4-12-13(6-10)20-21-19-12/h3-7H,1-2H3,(H,17,18,22)(H,19,20,21). The van der Waals surface area contributed by atoms with Gasteiger partial charge in [0.15, 0.2) is 5.13 Å². The molecule has 2 N–H and O–H groups in total. The van der Waals surface area contributed by atoms with Crippen molar-refractivity contribution in [1.29, 1.82) is 0 Å². The van der Waals surface area contributed by atoms with E-state index in [9.17, 15) is 4.79 Å². The molecule has 0 aliphatic heterocycles. The smallest absolute Gasteiger partial charge is 0.257 e. The number of aromatic amines is 1. The Kier molecular flexibility index (Phi) is 3.62. The second-order valence-corrected chi connectivity index (χ2v) is 7.66. The molecule has 3 aromatic heterocycles. The monoisotopic (exact) mass is 355 g/mol. The Morgan fingerprint density at radius 2 is 2.00 bits per heavy atom. The fourth-order valence-electron chi connectivity index (χ4n) is 2.49. The number of thiophene rings is 1. The lowest BCUT2D eigenvalue weighted by atomic mass is 10.2. The van der Waals surface area contributed by atoms with Crippen LogP contribution in [0.4, 0.5) is 5.13 Å². The van der Waals surface area contributed by atoms with E-state index in [4.69, 9.17) is 0 Å². The molecule has 0 aliphatic rings. The van der Waals surface area contributed by atoms with E-state index in [1.165, 1.54) is 21.1 Å². The molecular formula is C16H13N5OS2. The van der Waals surface area contributed by atoms with Gasteiger partial charge in [0.2, 0.25) is 0 Å². The molecule has 0 saturated carbocycles. The van der Waals surface area contributed by atoms with Crippen LogP contribution in [0.1, 0.15) is 20.1 Å². The lowest BCUT2D eigenvalue weighted by molar-refractivity contribution is 0.102. The first-order valence-electron chi connectivity index (χ1n) is 7.25. The number of nitrogens with one attached hydrogen (secondary N) is 2. The average molecular weight is 355 g/mol. The molecule has 0 radical (unpaired) electrons. The lowest BCUT2D eigenvalue weighted by Crippen LogP contribution is -2.11. The summed E-state index contributed by atoms with van der Waals surface area (Å²) in [7, 11) is 0. The molecular weight excluding hydrogens is 342 g/mol. The van der Waals surface area contributed by atoms with Crippen molar-refractivity contribution in [3.05, 3.63) is 45.0 Å². The number of fused-ring (bicyclic) bond motifs is 1. The van der Waals surface area contributed by atoms with Gasteiger partial charge in [0.25, 0.3) is 5.91 Å². The number of nitrogens with zero attached hydrogens (tertiary/aromatic N) is 3. The quantitative estimate of drug-likeness (QED) is 0.581. The molecule has 4 rings (SSSR count). The first-order valence-corrected chi connectivity index (χ1v) is 8.94. The van der Waals surface area contributed by atoms with Gasteiger partial charge in [0, 0.05) is 26.3 Å². The minimum absolute atomic E-state index is 0.209. The number of carbonyl (C=O) groups excluding carboxylic acids is 1. The van der Waals surface area contributed by atoms with Gasteiger partial charge in [-0.2, -0.15) is 15.4 Å². The second kappa shape index (κ2) is 5.81. The van der Waals surface area contributed by atoms with Crippen LogP contribution >= 0.6 is 22.7 Å². The predicted octanol–water partition coefficient (Wildman–Crippen LogP) is 4.01. The summed E-state index contributed by atoms with van der Waals surface area (Å²) in [6, 6.07) is 7.31. The number of rotatable bonds is 3. The van der Waals surface area contributed by atoms with Crippen molar-refractivity contribution in [3.8, 4) is 11.3 Å². The molecule has 0 fully saturated rings. The lowest BCUT2D eigenvalue weighted by Gasteiger charge is -2.01. The molecule has 24 heavy (non-hydrogen) atoms. The van der Waals surface area contributed by atoms with Crippen LogP contribution in [0.25, 0.3) is 22.3 Å². The largest absolute Gasteiger partial charge is 0.298 e. The van der Waals surface area contributed by atoms with Gasteiger partial charge in [-0.15, -0.1) is 22.7 Å². The van der Waals surface area contributed by atoms with E-state index in [2.05, 4.69) is 45.6 Å². The van der Waals surface area contributed by atoms with Crippen LogP contribution in [0, 0.1) is 13.8 Å². The summed E-state index contributed by atoms with van der Waals surface area (Å²) in [5, 5.41) is 15.9. The molecule has 4 aromatic rings. The SMILES string of the molecule is Cc1cc(-c2csc(NC(=O)c3ccc4n[nH]nc4c3)n2)c(C)s1. The molecule has 3 heterocycles. The highest BCUT2D eigenvalue weighted by Gasteiger charge is 2.13. The topological polar surface area (TPSA) is 83.6 Å². The maximum atomic E-state index is 12.4. The van der Waals surface area contributed by atoms with E-state index in [1.54, 1.807) is 29.5 Å². The highest BCUT2D eigenvalue weighted by atomic mass is 32.1. The first-order chi connectivity index (χ1) is 11.6. The number of thiazole rings is 1. The Labute approximate surface area is 145 Å². The van der Waals surface area contributed by atoms with Crippen LogP contribution < -0.4 is 5.32 Å². The van der Waals surface area contributed by atoms with Gasteiger partial charge in [-0.3, -0.25) is 10.1 Å². The van der Waals surface area contributed by atoms with E-state index in [0.29, 0.717) is 16.2 Å². The van der Waals surface area contributed by atoms with Crippen molar-refractivity contribution in [2.45, 2.75) is 13.8 Å². The Bertz CT molecular complexity index is 1050. The van der Waals surface area contributed by atoms with Crippen molar-refractivity contribution < 1.29 is 4.79 Å². The average Bonchev–Trinajstić information content (AvgIpc) is 3.26. The second-order valence-electron chi connectivity index (χ2n) is 5.35. The molecule has 0 atom stereocenters. The van der Waals surface area contributed by atoms with Gasteiger partial charge in [-0.05, 0) is 38.1 Å². The highest BCUT2D eigenvalue weighted by molar-refractivity contribution is 7.14. The Morgan fingerprint density at radius 1 is 1.17 bits per heavy atom. The summed E-state index contributed by atoms with van der Waals surface area (Å²) in [6.45, 7) is 4.16. The molecule has 6 nitrogen and oxygen atoms in total. The highest BCUT2D eigenvalue weighted by Crippen LogP contribution is 2.32. The number of aromatic nitrogens is 4. The number of anilines is 1. The molecule has 8 heteroatoms. The van der Waals surface area contributed by atoms with Crippen molar-refractivity contribution in [2.24, 2.45) is 0 Å². The van der Waals surface area contributed by atoms with Crippen LogP contribution in [-0.2, 0) is 0 Å². The van der Waals surface area contributed by atoms with Gasteiger partial charge in [0.05, 0.1) is 5.69 Å². The number of amides is 1. The van der Waals surface area contributed by atoms with Crippen molar-refractivity contribution >= 4 is 44.7 Å². The van der Waals surface area contributed by atoms with Crippen LogP contribution in [-0.4, -0.2) is 26.3 Å². The Morgan fingerprint density at radius 3 is 2.79 bits per heavy atom. The number of carbonyl (C=O) groups is 1. The summed E-state index contributed by atoms with van der Waals surface area (Å²) < 4.78 is 0. The minimum atomic E-state index is -0.209. The number of H-pyrrole nitrogens is 1. The fourth-order valence-corrected chi connectivity index (χ4v) is 4.13. The van der Waals surface area contributed by atoms with Gasteiger partial charge >= 0.3 is 0 Å². The molecule has 1 aromatic carbocycles. The van der Waals surface area contributed by atoms with E-state index in [-0.39, 0.29) is 5.91 Å². The van der Waals surface area contributed by atoms with Gasteiger partial charge in [0.1, 0.15) is 11.0 Å². The number of benzene rings is 1. The molecule has 1 amide bonds. The van der Waals surface area contributed by atoms with E-state index in [1.807, 2.05) is 5.38 Å². The zero-order chi connectivity index (χ0) is 16.7. The van der Waals surface area contributed by atoms with Gasteiger partial charge in [-0.1, -0.05) is 0 Å². The summed E-state index contributed by atoms with van der Waals surface area (Å²) in [6.07, 6.45) is 0. The first kappa shape index (κ1) is 15.0. The normalized spacial score (nSPS) is 11.1. The van der Waals surface area contributed by atoms with E-state index >= 15 is 0 Å². The number of hydrogen-bond acceptors (Lipinski definition) is 6. The van der Waals surface area contributed by atoms with Crippen LogP contribution in [0.2, 0.25) is 0 Å². The summed E-state index contributed by atoms with van der Waals surface area (Å²) in [4.78, 5) is 19.4. The molecule has 0 spiro atoms. The predicted molar refractivity (Wildman–Crippen MR) is 96.7 cm³/mol. The maximum Gasteiger partial charge on any atom is 0.257 e. The van der Waals surface area contributed by atoms with E-state index in [0.717, 1.165) is 16.8 Å². The van der Waals surface area contributed by atoms with Crippen molar-refractivity contribution in [2.75, 3.05) is 5.32 Å². The van der Waals surface area contributed by atoms with E-state index < -0.39 is 0 Å². The molecule has 0 unspecified atom stereocenters. The van der Waals surface area contributed by atoms with Gasteiger partial charge in [-0.25, -0.2) is 4.98 Å². The van der Waals surface area contributed by atoms with Gasteiger partial charge < -0.3 is 0 Å². The summed E-state index contributed by atoms with van der Waals surface area (Å²) in [5.41, 5.74) is 3.93. The Hall–Kier alpha value is -2.58. The number of hydrogen-bond donors (Lipinski definition) is 2. The third kappa shape index (κ3) is 2.70. The van der Waals surface area contributed by atoms with Crippen LogP contribution in [0.15, 0.2) is 29.6 Å². The molecule has 0 saturated heterocycles. The zero-order valence-corrected chi connectivity index (χ0v) is 14.6. The van der Waals surface area contributed by atoms with Crippen LogP contribution in [0.3, 0.4) is 0 Å². The Balaban J connectivity index is 1.57. The fraction of sp³-hybridized carbons (Fsp3) is 0.125. The number of aryl methyl sites for hydroxylation is 2. The third-order valence-electron chi connectivity index (χ3n) is 3.62. The van der Waals surface area contributed by atoms with Crippen molar-refractivity contribution in [3.63, 3.8) is 0 Å². The summed E-state index contributed by atoms with van der Waals surface area (Å²) in [5.74, 6) is -0.209. The molecule has 0 aliphatic carbocycles. The third-order valence-corrected chi connectivity index (χ3v) is 5.34. The summed E-state index contributed by atoms with van der Waals surface area (Å²) >= 11 is 3.17. The minimum Gasteiger partial charge on any atom is -0.298 e. The maximum absolute atomic E-state index is 12.4. The van der Waals surface area contributed by atoms with Crippen molar-refractivity contribution in [1.82, 2.24) is 20.4 Å². The molecule has 120 valence electrons. The zero-order valence-electron chi connectivity index (χ0n) is 13.0. The molecule has 0 bridgehead atoms. The van der Waals surface area contributed by atoms with Crippen LogP contribution in [0.5, 0.6) is 0 Å².